The predicted octanol–water partition coefficient (Wildman–Crippen LogP) is -0.0173. The summed E-state index contributed by atoms with van der Waals surface area (Å²) in [5.41, 5.74) is 1.33. The monoisotopic (exact) mass is 300 g/mol. The topological polar surface area (TPSA) is 80.3 Å². The smallest absolute Gasteiger partial charge is 0.295 e. The molecule has 7 nitrogen and oxygen atoms in total. The van der Waals surface area contributed by atoms with Gasteiger partial charge in [0.25, 0.3) is 5.56 Å². The molecule has 0 aliphatic carbocycles. The number of aromatic nitrogens is 3. The number of rotatable bonds is 3. The molecule has 0 saturated carbocycles. The SMILES string of the molecule is Cc1nnc(N2CCN(Cc3ccccc3)CC2)n(N)c1=O. The molecule has 1 aliphatic heterocycles. The van der Waals surface area contributed by atoms with Gasteiger partial charge in [0.05, 0.1) is 0 Å². The van der Waals surface area contributed by atoms with Crippen LogP contribution in [0, 0.1) is 6.92 Å². The summed E-state index contributed by atoms with van der Waals surface area (Å²) in [4.78, 5) is 16.2. The molecule has 0 bridgehead atoms. The second-order valence-electron chi connectivity index (χ2n) is 5.51. The molecule has 0 atom stereocenters. The van der Waals surface area contributed by atoms with E-state index < -0.39 is 0 Å². The summed E-state index contributed by atoms with van der Waals surface area (Å²) in [5.74, 6) is 6.26. The highest BCUT2D eigenvalue weighted by Crippen LogP contribution is 2.12. The number of hydrogen-bond acceptors (Lipinski definition) is 6. The summed E-state index contributed by atoms with van der Waals surface area (Å²) in [6.07, 6.45) is 0. The van der Waals surface area contributed by atoms with E-state index in [0.29, 0.717) is 11.6 Å². The lowest BCUT2D eigenvalue weighted by Crippen LogP contribution is -2.49. The summed E-state index contributed by atoms with van der Waals surface area (Å²) in [5, 5.41) is 7.95. The third kappa shape index (κ3) is 2.94. The molecule has 0 radical (unpaired) electrons. The molecule has 7 heteroatoms. The zero-order valence-electron chi connectivity index (χ0n) is 12.6. The maximum absolute atomic E-state index is 11.8. The Labute approximate surface area is 129 Å². The summed E-state index contributed by atoms with van der Waals surface area (Å²) in [6.45, 7) is 5.91. The van der Waals surface area contributed by atoms with E-state index in [4.69, 9.17) is 5.84 Å². The lowest BCUT2D eigenvalue weighted by atomic mass is 10.2. The number of aryl methyl sites for hydroxylation is 1. The lowest BCUT2D eigenvalue weighted by molar-refractivity contribution is 0.248. The molecule has 1 aromatic carbocycles. The summed E-state index contributed by atoms with van der Waals surface area (Å²) in [7, 11) is 0. The van der Waals surface area contributed by atoms with Crippen molar-refractivity contribution in [3.63, 3.8) is 0 Å². The van der Waals surface area contributed by atoms with Gasteiger partial charge in [-0.15, -0.1) is 10.2 Å². The van der Waals surface area contributed by atoms with Crippen LogP contribution in [-0.2, 0) is 6.54 Å². The number of nitrogens with zero attached hydrogens (tertiary/aromatic N) is 5. The molecular weight excluding hydrogens is 280 g/mol. The zero-order valence-corrected chi connectivity index (χ0v) is 12.6. The Morgan fingerprint density at radius 1 is 1.09 bits per heavy atom. The number of nitrogens with two attached hydrogens (primary N) is 1. The highest BCUT2D eigenvalue weighted by Gasteiger charge is 2.21. The van der Waals surface area contributed by atoms with Crippen LogP contribution in [0.4, 0.5) is 5.95 Å². The second kappa shape index (κ2) is 6.15. The molecule has 0 spiro atoms. The molecular formula is C15H20N6O. The summed E-state index contributed by atoms with van der Waals surface area (Å²) >= 11 is 0. The first-order chi connectivity index (χ1) is 10.6. The Bertz CT molecular complexity index is 691. The fourth-order valence-electron chi connectivity index (χ4n) is 2.64. The minimum atomic E-state index is -0.295. The van der Waals surface area contributed by atoms with E-state index in [0.717, 1.165) is 37.4 Å². The molecule has 1 aliphatic rings. The van der Waals surface area contributed by atoms with Crippen molar-refractivity contribution in [1.82, 2.24) is 19.8 Å². The molecule has 0 unspecified atom stereocenters. The second-order valence-corrected chi connectivity index (χ2v) is 5.51. The minimum Gasteiger partial charge on any atom is -0.337 e. The van der Waals surface area contributed by atoms with Gasteiger partial charge < -0.3 is 10.7 Å². The van der Waals surface area contributed by atoms with Crippen LogP contribution in [0.15, 0.2) is 35.1 Å². The summed E-state index contributed by atoms with van der Waals surface area (Å²) < 4.78 is 1.09. The van der Waals surface area contributed by atoms with E-state index in [-0.39, 0.29) is 5.56 Å². The Morgan fingerprint density at radius 3 is 2.45 bits per heavy atom. The van der Waals surface area contributed by atoms with Gasteiger partial charge in [-0.2, -0.15) is 4.68 Å². The van der Waals surface area contributed by atoms with Crippen LogP contribution in [0.2, 0.25) is 0 Å². The normalized spacial score (nSPS) is 16.0. The van der Waals surface area contributed by atoms with Crippen molar-refractivity contribution < 1.29 is 0 Å². The van der Waals surface area contributed by atoms with Crippen molar-refractivity contribution in [3.8, 4) is 0 Å². The maximum atomic E-state index is 11.8. The first kappa shape index (κ1) is 14.5. The quantitative estimate of drug-likeness (QED) is 0.803. The lowest BCUT2D eigenvalue weighted by Gasteiger charge is -2.35. The van der Waals surface area contributed by atoms with Crippen LogP contribution in [0.3, 0.4) is 0 Å². The number of piperazine rings is 1. The van der Waals surface area contributed by atoms with Gasteiger partial charge in [0.15, 0.2) is 0 Å². The molecule has 2 heterocycles. The van der Waals surface area contributed by atoms with Crippen molar-refractivity contribution in [2.75, 3.05) is 36.9 Å². The number of benzene rings is 1. The van der Waals surface area contributed by atoms with Crippen LogP contribution in [0.5, 0.6) is 0 Å². The van der Waals surface area contributed by atoms with E-state index in [9.17, 15) is 4.79 Å². The van der Waals surface area contributed by atoms with Crippen molar-refractivity contribution in [2.45, 2.75) is 13.5 Å². The van der Waals surface area contributed by atoms with Gasteiger partial charge in [-0.3, -0.25) is 9.69 Å². The van der Waals surface area contributed by atoms with E-state index in [1.165, 1.54) is 5.56 Å². The number of hydrogen-bond donors (Lipinski definition) is 1. The largest absolute Gasteiger partial charge is 0.337 e. The molecule has 2 aromatic rings. The standard InChI is InChI=1S/C15H20N6O/c1-12-14(22)21(16)15(18-17-12)20-9-7-19(8-10-20)11-13-5-3-2-4-6-13/h2-6H,7-11,16H2,1H3. The van der Waals surface area contributed by atoms with Crippen LogP contribution in [-0.4, -0.2) is 46.0 Å². The highest BCUT2D eigenvalue weighted by atomic mass is 16.1. The first-order valence-corrected chi connectivity index (χ1v) is 7.38. The third-order valence-electron chi connectivity index (χ3n) is 3.94. The fourth-order valence-corrected chi connectivity index (χ4v) is 2.64. The molecule has 1 aromatic heterocycles. The highest BCUT2D eigenvalue weighted by molar-refractivity contribution is 5.31. The zero-order chi connectivity index (χ0) is 15.5. The molecule has 3 rings (SSSR count). The fraction of sp³-hybridized carbons (Fsp3) is 0.400. The minimum absolute atomic E-state index is 0.295. The van der Waals surface area contributed by atoms with Crippen LogP contribution >= 0.6 is 0 Å². The van der Waals surface area contributed by atoms with Gasteiger partial charge >= 0.3 is 0 Å². The van der Waals surface area contributed by atoms with Gasteiger partial charge in [-0.25, -0.2) is 0 Å². The van der Waals surface area contributed by atoms with Crippen molar-refractivity contribution in [3.05, 3.63) is 51.9 Å². The maximum Gasteiger partial charge on any atom is 0.295 e. The number of nitrogen functional groups attached to an aromatic ring is 1. The van der Waals surface area contributed by atoms with Gasteiger partial charge in [0.2, 0.25) is 5.95 Å². The van der Waals surface area contributed by atoms with Crippen LogP contribution in [0.1, 0.15) is 11.3 Å². The third-order valence-corrected chi connectivity index (χ3v) is 3.94. The van der Waals surface area contributed by atoms with Crippen molar-refractivity contribution in [1.29, 1.82) is 0 Å². The van der Waals surface area contributed by atoms with Gasteiger partial charge in [-0.05, 0) is 12.5 Å². The molecule has 2 N–H and O–H groups in total. The van der Waals surface area contributed by atoms with Crippen LogP contribution < -0.4 is 16.3 Å². The molecule has 22 heavy (non-hydrogen) atoms. The summed E-state index contributed by atoms with van der Waals surface area (Å²) in [6, 6.07) is 10.4. The van der Waals surface area contributed by atoms with Crippen molar-refractivity contribution in [2.24, 2.45) is 0 Å². The van der Waals surface area contributed by atoms with E-state index >= 15 is 0 Å². The first-order valence-electron chi connectivity index (χ1n) is 7.38. The number of anilines is 1. The Hall–Kier alpha value is -2.41. The predicted molar refractivity (Wildman–Crippen MR) is 85.1 cm³/mol. The van der Waals surface area contributed by atoms with Gasteiger partial charge in [0.1, 0.15) is 5.69 Å². The molecule has 1 fully saturated rings. The van der Waals surface area contributed by atoms with E-state index in [1.807, 2.05) is 11.0 Å². The molecule has 116 valence electrons. The Kier molecular flexibility index (Phi) is 4.06. The van der Waals surface area contributed by atoms with Gasteiger partial charge in [0, 0.05) is 32.7 Å². The molecule has 1 saturated heterocycles. The average molecular weight is 300 g/mol. The van der Waals surface area contributed by atoms with Gasteiger partial charge in [-0.1, -0.05) is 30.3 Å². The van der Waals surface area contributed by atoms with Crippen LogP contribution in [0.25, 0.3) is 0 Å². The Balaban J connectivity index is 1.65. The van der Waals surface area contributed by atoms with Crippen molar-refractivity contribution >= 4 is 5.95 Å². The average Bonchev–Trinajstić information content (AvgIpc) is 2.55. The van der Waals surface area contributed by atoms with E-state index in [2.05, 4.69) is 39.4 Å². The Morgan fingerprint density at radius 2 is 1.77 bits per heavy atom. The molecule has 0 amide bonds. The van der Waals surface area contributed by atoms with E-state index in [1.54, 1.807) is 6.92 Å².